The third kappa shape index (κ3) is 2.91. The van der Waals surface area contributed by atoms with Crippen molar-refractivity contribution in [2.45, 2.75) is 23.2 Å². The summed E-state index contributed by atoms with van der Waals surface area (Å²) in [6, 6.07) is 5.40. The number of hydrogen-bond donors (Lipinski definition) is 1. The van der Waals surface area contributed by atoms with E-state index in [1.807, 2.05) is 0 Å². The first-order valence-corrected chi connectivity index (χ1v) is 9.04. The molecule has 2 atom stereocenters. The minimum absolute atomic E-state index is 0.133. The molecule has 1 aliphatic heterocycles. The topological polar surface area (TPSA) is 74.7 Å². The van der Waals surface area contributed by atoms with Crippen molar-refractivity contribution in [3.8, 4) is 0 Å². The number of hydrogen-bond acceptors (Lipinski definition) is 4. The average molecular weight is 413 g/mol. The summed E-state index contributed by atoms with van der Waals surface area (Å²) >= 11 is 3.42. The van der Waals surface area contributed by atoms with Gasteiger partial charge in [-0.25, -0.2) is 8.42 Å². The van der Waals surface area contributed by atoms with E-state index in [-0.39, 0.29) is 16.0 Å². The maximum atomic E-state index is 12.5. The van der Waals surface area contributed by atoms with Gasteiger partial charge in [0, 0.05) is 9.32 Å². The second kappa shape index (κ2) is 5.58. The molecule has 0 saturated carbocycles. The van der Waals surface area contributed by atoms with Crippen LogP contribution in [0.5, 0.6) is 0 Å². The van der Waals surface area contributed by atoms with Crippen LogP contribution in [0.2, 0.25) is 0 Å². The summed E-state index contributed by atoms with van der Waals surface area (Å²) in [5.74, 6) is -0.828. The van der Waals surface area contributed by atoms with E-state index >= 15 is 0 Å². The number of rotatable bonds is 3. The zero-order chi connectivity index (χ0) is 14.2. The van der Waals surface area contributed by atoms with Gasteiger partial charge in [-0.15, -0.1) is 11.8 Å². The zero-order valence-electron chi connectivity index (χ0n) is 9.98. The molecule has 0 aromatic heterocycles. The molecule has 1 aliphatic rings. The first kappa shape index (κ1) is 15.1. The number of nitrogens with zero attached hydrogens (tertiary/aromatic N) is 1. The summed E-state index contributed by atoms with van der Waals surface area (Å²) in [4.78, 5) is 11.3. The van der Waals surface area contributed by atoms with Crippen LogP contribution in [-0.4, -0.2) is 41.0 Å². The van der Waals surface area contributed by atoms with Gasteiger partial charge in [-0.05, 0) is 53.8 Å². The number of sulfonamides is 1. The number of benzene rings is 1. The first-order chi connectivity index (χ1) is 8.84. The predicted octanol–water partition coefficient (Wildman–Crippen LogP) is 1.83. The van der Waals surface area contributed by atoms with Gasteiger partial charge in [0.2, 0.25) is 10.0 Å². The fraction of sp³-hybridized carbons (Fsp3) is 0.364. The van der Waals surface area contributed by atoms with Crippen LogP contribution in [0.15, 0.2) is 29.2 Å². The average Bonchev–Trinajstić information content (AvgIpc) is 2.72. The Bertz CT molecular complexity index is 587. The van der Waals surface area contributed by atoms with Crippen molar-refractivity contribution < 1.29 is 18.3 Å². The standard InChI is InChI=1S/C11H12INO4S2/c1-7-13(10(6-18-7)11(14)15)19(16,17)9-4-2-8(12)3-5-9/h2-5,7,10H,6H2,1H3,(H,14,15). The highest BCUT2D eigenvalue weighted by molar-refractivity contribution is 14.1. The Labute approximate surface area is 129 Å². The van der Waals surface area contributed by atoms with Crippen LogP contribution < -0.4 is 0 Å². The largest absolute Gasteiger partial charge is 0.480 e. The number of thioether (sulfide) groups is 1. The van der Waals surface area contributed by atoms with E-state index < -0.39 is 22.0 Å². The van der Waals surface area contributed by atoms with Gasteiger partial charge < -0.3 is 5.11 Å². The summed E-state index contributed by atoms with van der Waals surface area (Å²) in [5.41, 5.74) is 0. The van der Waals surface area contributed by atoms with E-state index in [2.05, 4.69) is 22.6 Å². The van der Waals surface area contributed by atoms with E-state index in [1.54, 1.807) is 19.1 Å². The van der Waals surface area contributed by atoms with Crippen molar-refractivity contribution in [1.82, 2.24) is 4.31 Å². The highest BCUT2D eigenvalue weighted by atomic mass is 127. The summed E-state index contributed by atoms with van der Waals surface area (Å²) in [7, 11) is -3.77. The molecule has 1 aromatic rings. The third-order valence-corrected chi connectivity index (χ3v) is 6.90. The molecular formula is C11H12INO4S2. The van der Waals surface area contributed by atoms with Crippen LogP contribution >= 0.6 is 34.4 Å². The molecule has 19 heavy (non-hydrogen) atoms. The van der Waals surface area contributed by atoms with Gasteiger partial charge in [-0.3, -0.25) is 4.79 Å². The van der Waals surface area contributed by atoms with Crippen molar-refractivity contribution >= 4 is 50.3 Å². The minimum Gasteiger partial charge on any atom is -0.480 e. The Morgan fingerprint density at radius 3 is 2.53 bits per heavy atom. The van der Waals surface area contributed by atoms with Crippen LogP contribution in [0, 0.1) is 3.57 Å². The molecule has 0 spiro atoms. The van der Waals surface area contributed by atoms with Gasteiger partial charge in [0.25, 0.3) is 0 Å². The molecular weight excluding hydrogens is 401 g/mol. The predicted molar refractivity (Wildman–Crippen MR) is 81.5 cm³/mol. The van der Waals surface area contributed by atoms with E-state index in [0.717, 1.165) is 7.88 Å². The van der Waals surface area contributed by atoms with Crippen LogP contribution in [0.1, 0.15) is 6.92 Å². The number of carboxylic acids is 1. The molecule has 1 saturated heterocycles. The van der Waals surface area contributed by atoms with Gasteiger partial charge in [-0.1, -0.05) is 0 Å². The molecule has 0 radical (unpaired) electrons. The smallest absolute Gasteiger partial charge is 0.322 e. The van der Waals surface area contributed by atoms with Gasteiger partial charge in [-0.2, -0.15) is 4.31 Å². The maximum Gasteiger partial charge on any atom is 0.322 e. The number of carbonyl (C=O) groups is 1. The molecule has 5 nitrogen and oxygen atoms in total. The molecule has 2 rings (SSSR count). The third-order valence-electron chi connectivity index (χ3n) is 2.83. The molecule has 2 unspecified atom stereocenters. The fourth-order valence-electron chi connectivity index (χ4n) is 1.90. The summed E-state index contributed by atoms with van der Waals surface area (Å²) in [5, 5.41) is 8.77. The minimum atomic E-state index is -3.77. The van der Waals surface area contributed by atoms with Crippen molar-refractivity contribution in [2.75, 3.05) is 5.75 Å². The van der Waals surface area contributed by atoms with Gasteiger partial charge in [0.1, 0.15) is 6.04 Å². The Balaban J connectivity index is 2.43. The highest BCUT2D eigenvalue weighted by Crippen LogP contribution is 2.34. The molecule has 8 heteroatoms. The van der Waals surface area contributed by atoms with E-state index in [9.17, 15) is 13.2 Å². The van der Waals surface area contributed by atoms with E-state index in [1.165, 1.54) is 23.9 Å². The lowest BCUT2D eigenvalue weighted by molar-refractivity contribution is -0.140. The normalized spacial score (nSPS) is 24.5. The molecule has 1 aromatic carbocycles. The lowest BCUT2D eigenvalue weighted by Crippen LogP contribution is -2.44. The lowest BCUT2D eigenvalue weighted by atomic mass is 10.3. The molecule has 1 fully saturated rings. The maximum absolute atomic E-state index is 12.5. The zero-order valence-corrected chi connectivity index (χ0v) is 13.8. The SMILES string of the molecule is CC1SCC(C(=O)O)N1S(=O)(=O)c1ccc(I)cc1. The van der Waals surface area contributed by atoms with E-state index in [4.69, 9.17) is 5.11 Å². The number of carboxylic acid groups (broad SMARTS) is 1. The summed E-state index contributed by atoms with van der Waals surface area (Å²) in [6.45, 7) is 1.71. The monoisotopic (exact) mass is 413 g/mol. The van der Waals surface area contributed by atoms with Crippen LogP contribution in [0.4, 0.5) is 0 Å². The summed E-state index contributed by atoms with van der Waals surface area (Å²) < 4.78 is 27.0. The molecule has 0 aliphatic carbocycles. The van der Waals surface area contributed by atoms with E-state index in [0.29, 0.717) is 0 Å². The van der Waals surface area contributed by atoms with Gasteiger partial charge >= 0.3 is 5.97 Å². The van der Waals surface area contributed by atoms with Crippen molar-refractivity contribution in [1.29, 1.82) is 0 Å². The van der Waals surface area contributed by atoms with Crippen molar-refractivity contribution in [3.05, 3.63) is 27.8 Å². The van der Waals surface area contributed by atoms with Gasteiger partial charge in [0.05, 0.1) is 10.3 Å². The van der Waals surface area contributed by atoms with Crippen LogP contribution in [0.3, 0.4) is 0 Å². The van der Waals surface area contributed by atoms with Gasteiger partial charge in [0.15, 0.2) is 0 Å². The Morgan fingerprint density at radius 1 is 1.42 bits per heavy atom. The Hall–Kier alpha value is -0.320. The number of aliphatic carboxylic acids is 1. The summed E-state index contributed by atoms with van der Waals surface area (Å²) in [6.07, 6.45) is 0. The second-order valence-corrected chi connectivity index (χ2v) is 8.51. The molecule has 1 N–H and O–H groups in total. The van der Waals surface area contributed by atoms with Crippen LogP contribution in [0.25, 0.3) is 0 Å². The molecule has 104 valence electrons. The molecule has 0 amide bonds. The Kier molecular flexibility index (Phi) is 4.43. The lowest BCUT2D eigenvalue weighted by Gasteiger charge is -2.24. The second-order valence-electron chi connectivity index (χ2n) is 4.08. The number of halogens is 1. The highest BCUT2D eigenvalue weighted by Gasteiger charge is 2.44. The van der Waals surface area contributed by atoms with Crippen LogP contribution in [-0.2, 0) is 14.8 Å². The van der Waals surface area contributed by atoms with Crippen molar-refractivity contribution in [3.63, 3.8) is 0 Å². The van der Waals surface area contributed by atoms with Crippen molar-refractivity contribution in [2.24, 2.45) is 0 Å². The first-order valence-electron chi connectivity index (χ1n) is 5.47. The fourth-order valence-corrected chi connectivity index (χ4v) is 5.55. The quantitative estimate of drug-likeness (QED) is 0.766. The molecule has 1 heterocycles. The molecule has 0 bridgehead atoms. The Morgan fingerprint density at radius 2 is 2.00 bits per heavy atom.